The van der Waals surface area contributed by atoms with Crippen LogP contribution in [0.4, 0.5) is 0 Å². The Kier molecular flexibility index (Phi) is 5.69. The first kappa shape index (κ1) is 14.2. The third kappa shape index (κ3) is 4.15. The van der Waals surface area contributed by atoms with E-state index in [1.807, 2.05) is 6.07 Å². The van der Waals surface area contributed by atoms with E-state index in [1.165, 1.54) is 5.56 Å². The van der Waals surface area contributed by atoms with Gasteiger partial charge in [0.1, 0.15) is 11.5 Å². The molecule has 3 heteroatoms. The molecule has 0 aliphatic heterocycles. The van der Waals surface area contributed by atoms with Gasteiger partial charge in [-0.2, -0.15) is 0 Å². The molecule has 1 aromatic rings. The Bertz CT molecular complexity index is 388. The van der Waals surface area contributed by atoms with Gasteiger partial charge in [-0.15, -0.1) is 0 Å². The summed E-state index contributed by atoms with van der Waals surface area (Å²) in [5.41, 5.74) is 1.27. The Balaban J connectivity index is 2.81. The van der Waals surface area contributed by atoms with Gasteiger partial charge in [0, 0.05) is 6.42 Å². The van der Waals surface area contributed by atoms with Gasteiger partial charge in [0.05, 0.1) is 11.6 Å². The highest BCUT2D eigenvalue weighted by Crippen LogP contribution is 2.32. The molecule has 0 saturated heterocycles. The maximum Gasteiger partial charge on any atom is 0.133 e. The van der Waals surface area contributed by atoms with Gasteiger partial charge in [-0.3, -0.25) is 0 Å². The number of Topliss-reactive ketones (excluding diaryl/α,β-unsaturated/α-hetero) is 1. The Hall–Kier alpha value is -0.830. The first-order chi connectivity index (χ1) is 8.08. The second-order valence-corrected chi connectivity index (χ2v) is 5.09. The van der Waals surface area contributed by atoms with Crippen LogP contribution in [0.2, 0.25) is 0 Å². The molecule has 2 nitrogen and oxygen atoms in total. The van der Waals surface area contributed by atoms with Crippen LogP contribution in [-0.2, 0) is 4.79 Å². The summed E-state index contributed by atoms with van der Waals surface area (Å²) in [7, 11) is 1.66. The summed E-state index contributed by atoms with van der Waals surface area (Å²) in [6.07, 6.45) is 2.62. The van der Waals surface area contributed by atoms with E-state index >= 15 is 0 Å². The largest absolute Gasteiger partial charge is 0.496 e. The highest BCUT2D eigenvalue weighted by Gasteiger charge is 2.12. The molecule has 0 aliphatic carbocycles. The number of carbonyl (C=O) groups excluding carboxylic acids is 1. The van der Waals surface area contributed by atoms with Gasteiger partial charge < -0.3 is 9.53 Å². The maximum absolute atomic E-state index is 11.0. The molecule has 0 spiro atoms. The van der Waals surface area contributed by atoms with Gasteiger partial charge in [-0.1, -0.05) is 13.0 Å². The lowest BCUT2D eigenvalue weighted by atomic mass is 9.91. The molecular weight excluding hydrogens is 280 g/mol. The van der Waals surface area contributed by atoms with E-state index in [4.69, 9.17) is 4.74 Å². The first-order valence-electron chi connectivity index (χ1n) is 5.91. The van der Waals surface area contributed by atoms with Crippen LogP contribution in [0.15, 0.2) is 22.7 Å². The number of ether oxygens (including phenoxy) is 1. The summed E-state index contributed by atoms with van der Waals surface area (Å²) in [4.78, 5) is 11.0. The van der Waals surface area contributed by atoms with Crippen LogP contribution in [0, 0.1) is 0 Å². The zero-order valence-corrected chi connectivity index (χ0v) is 12.2. The summed E-state index contributed by atoms with van der Waals surface area (Å²) >= 11 is 3.49. The predicted molar refractivity (Wildman–Crippen MR) is 73.6 cm³/mol. The zero-order valence-electron chi connectivity index (χ0n) is 10.6. The summed E-state index contributed by atoms with van der Waals surface area (Å²) in [5.74, 6) is 1.55. The van der Waals surface area contributed by atoms with Crippen LogP contribution in [0.5, 0.6) is 5.75 Å². The van der Waals surface area contributed by atoms with E-state index in [-0.39, 0.29) is 5.78 Å². The number of carbonyl (C=O) groups is 1. The molecule has 0 heterocycles. The van der Waals surface area contributed by atoms with Gasteiger partial charge in [0.15, 0.2) is 0 Å². The van der Waals surface area contributed by atoms with Crippen molar-refractivity contribution in [1.29, 1.82) is 0 Å². The number of methoxy groups -OCH3 is 1. The normalized spacial score (nSPS) is 12.2. The number of hydrogen-bond donors (Lipinski definition) is 0. The molecule has 1 aromatic carbocycles. The minimum absolute atomic E-state index is 0.260. The molecule has 0 aromatic heterocycles. The highest BCUT2D eigenvalue weighted by molar-refractivity contribution is 9.10. The van der Waals surface area contributed by atoms with Gasteiger partial charge in [0.25, 0.3) is 0 Å². The van der Waals surface area contributed by atoms with Crippen molar-refractivity contribution in [3.05, 3.63) is 28.2 Å². The SMILES string of the molecule is CCC(CCC(C)=O)c1ccc(OC)c(Br)c1. The van der Waals surface area contributed by atoms with Crippen molar-refractivity contribution in [3.8, 4) is 5.75 Å². The topological polar surface area (TPSA) is 26.3 Å². The molecule has 0 amide bonds. The Morgan fingerprint density at radius 2 is 2.18 bits per heavy atom. The van der Waals surface area contributed by atoms with E-state index in [0.717, 1.165) is 23.1 Å². The van der Waals surface area contributed by atoms with Crippen LogP contribution in [0.25, 0.3) is 0 Å². The van der Waals surface area contributed by atoms with Gasteiger partial charge >= 0.3 is 0 Å². The van der Waals surface area contributed by atoms with Gasteiger partial charge in [-0.25, -0.2) is 0 Å². The molecule has 17 heavy (non-hydrogen) atoms. The number of rotatable bonds is 6. The van der Waals surface area contributed by atoms with E-state index in [1.54, 1.807) is 14.0 Å². The van der Waals surface area contributed by atoms with Crippen LogP contribution in [0.1, 0.15) is 44.6 Å². The van der Waals surface area contributed by atoms with Crippen molar-refractivity contribution in [2.75, 3.05) is 7.11 Å². The van der Waals surface area contributed by atoms with E-state index in [0.29, 0.717) is 12.3 Å². The molecule has 0 radical (unpaired) electrons. The smallest absolute Gasteiger partial charge is 0.133 e. The van der Waals surface area contributed by atoms with Crippen molar-refractivity contribution < 1.29 is 9.53 Å². The van der Waals surface area contributed by atoms with E-state index < -0.39 is 0 Å². The molecule has 0 bridgehead atoms. The quantitative estimate of drug-likeness (QED) is 0.782. The fourth-order valence-corrected chi connectivity index (χ4v) is 2.48. The lowest BCUT2D eigenvalue weighted by Gasteiger charge is -2.15. The third-order valence-corrected chi connectivity index (χ3v) is 3.60. The lowest BCUT2D eigenvalue weighted by molar-refractivity contribution is -0.117. The van der Waals surface area contributed by atoms with Crippen LogP contribution in [-0.4, -0.2) is 12.9 Å². The fourth-order valence-electron chi connectivity index (χ4n) is 1.92. The van der Waals surface area contributed by atoms with E-state index in [9.17, 15) is 4.79 Å². The zero-order chi connectivity index (χ0) is 12.8. The second kappa shape index (κ2) is 6.80. The fraction of sp³-hybridized carbons (Fsp3) is 0.500. The molecule has 1 rings (SSSR count). The predicted octanol–water partition coefficient (Wildman–Crippen LogP) is 4.32. The monoisotopic (exact) mass is 298 g/mol. The van der Waals surface area contributed by atoms with E-state index in [2.05, 4.69) is 35.0 Å². The molecule has 0 fully saturated rings. The number of ketones is 1. The van der Waals surface area contributed by atoms with Crippen molar-refractivity contribution in [3.63, 3.8) is 0 Å². The molecule has 1 unspecified atom stereocenters. The minimum atomic E-state index is 0.260. The average molecular weight is 299 g/mol. The molecule has 94 valence electrons. The van der Waals surface area contributed by atoms with Gasteiger partial charge in [0.2, 0.25) is 0 Å². The summed E-state index contributed by atoms with van der Waals surface area (Å²) in [6, 6.07) is 6.14. The number of benzene rings is 1. The number of halogens is 1. The summed E-state index contributed by atoms with van der Waals surface area (Å²) in [6.45, 7) is 3.81. The maximum atomic E-state index is 11.0. The van der Waals surface area contributed by atoms with Gasteiger partial charge in [-0.05, 0) is 59.3 Å². The number of hydrogen-bond acceptors (Lipinski definition) is 2. The Morgan fingerprint density at radius 3 is 2.65 bits per heavy atom. The molecule has 1 atom stereocenters. The third-order valence-electron chi connectivity index (χ3n) is 2.98. The molecule has 0 N–H and O–H groups in total. The van der Waals surface area contributed by atoms with Crippen molar-refractivity contribution >= 4 is 21.7 Å². The molecular formula is C14H19BrO2. The Labute approximate surface area is 111 Å². The summed E-state index contributed by atoms with van der Waals surface area (Å²) in [5, 5.41) is 0. The van der Waals surface area contributed by atoms with Crippen LogP contribution < -0.4 is 4.74 Å². The minimum Gasteiger partial charge on any atom is -0.496 e. The first-order valence-corrected chi connectivity index (χ1v) is 6.70. The standard InChI is InChI=1S/C14H19BrO2/c1-4-11(6-5-10(2)16)12-7-8-14(17-3)13(15)9-12/h7-9,11H,4-6H2,1-3H3. The van der Waals surface area contributed by atoms with Crippen molar-refractivity contribution in [1.82, 2.24) is 0 Å². The van der Waals surface area contributed by atoms with Crippen molar-refractivity contribution in [2.45, 2.75) is 39.0 Å². The van der Waals surface area contributed by atoms with Crippen LogP contribution >= 0.6 is 15.9 Å². The molecule has 0 aliphatic rings. The average Bonchev–Trinajstić information content (AvgIpc) is 2.29. The highest BCUT2D eigenvalue weighted by atomic mass is 79.9. The van der Waals surface area contributed by atoms with Crippen molar-refractivity contribution in [2.24, 2.45) is 0 Å². The van der Waals surface area contributed by atoms with Crippen LogP contribution in [0.3, 0.4) is 0 Å². The molecule has 0 saturated carbocycles. The second-order valence-electron chi connectivity index (χ2n) is 4.24. The Morgan fingerprint density at radius 1 is 1.47 bits per heavy atom. The summed E-state index contributed by atoms with van der Waals surface area (Å²) < 4.78 is 6.18. The lowest BCUT2D eigenvalue weighted by Crippen LogP contribution is -2.01.